The summed E-state index contributed by atoms with van der Waals surface area (Å²) in [7, 11) is 0. The van der Waals surface area contributed by atoms with E-state index in [1.807, 2.05) is 12.1 Å². The number of furan rings is 1. The van der Waals surface area contributed by atoms with E-state index >= 15 is 0 Å². The van der Waals surface area contributed by atoms with Gasteiger partial charge in [0.25, 0.3) is 0 Å². The molecule has 0 amide bonds. The highest BCUT2D eigenvalue weighted by atomic mass is 16.3. The van der Waals surface area contributed by atoms with E-state index < -0.39 is 0 Å². The zero-order chi connectivity index (χ0) is 43.6. The molecule has 0 saturated heterocycles. The van der Waals surface area contributed by atoms with Gasteiger partial charge in [-0.25, -0.2) is 0 Å². The van der Waals surface area contributed by atoms with Crippen LogP contribution in [0, 0.1) is 0 Å². The van der Waals surface area contributed by atoms with E-state index in [1.165, 1.54) is 70.9 Å². The summed E-state index contributed by atoms with van der Waals surface area (Å²) in [6.07, 6.45) is 0. The van der Waals surface area contributed by atoms with Gasteiger partial charge in [0.05, 0.1) is 0 Å². The van der Waals surface area contributed by atoms with Crippen LogP contribution in [-0.4, -0.2) is 0 Å². The predicted octanol–water partition coefficient (Wildman–Crippen LogP) is 18.3. The molecule has 1 heterocycles. The summed E-state index contributed by atoms with van der Waals surface area (Å²) >= 11 is 0. The van der Waals surface area contributed by atoms with E-state index in [2.05, 4.69) is 241 Å². The van der Waals surface area contributed by atoms with Crippen LogP contribution in [0.25, 0.3) is 110 Å². The van der Waals surface area contributed by atoms with E-state index in [-0.39, 0.29) is 0 Å². The summed E-state index contributed by atoms with van der Waals surface area (Å²) in [6.45, 7) is 0. The summed E-state index contributed by atoms with van der Waals surface area (Å²) in [5.41, 5.74) is 14.5. The van der Waals surface area contributed by atoms with Crippen molar-refractivity contribution >= 4 is 82.1 Å². The van der Waals surface area contributed by atoms with Gasteiger partial charge in [-0.2, -0.15) is 0 Å². The van der Waals surface area contributed by atoms with Crippen molar-refractivity contribution in [3.8, 4) is 44.5 Å². The van der Waals surface area contributed by atoms with E-state index in [4.69, 9.17) is 4.42 Å². The van der Waals surface area contributed by atoms with Crippen LogP contribution in [0.1, 0.15) is 0 Å². The van der Waals surface area contributed by atoms with Crippen molar-refractivity contribution in [3.05, 3.63) is 249 Å². The Balaban J connectivity index is 0.873. The number of para-hydroxylation sites is 1. The second-order valence-electron chi connectivity index (χ2n) is 17.3. The highest BCUT2D eigenvalue weighted by molar-refractivity contribution is 6.13. The van der Waals surface area contributed by atoms with Gasteiger partial charge in [0.2, 0.25) is 0 Å². The monoisotopic (exact) mass is 839 g/mol. The molecule has 66 heavy (non-hydrogen) atoms. The molecular weight excluding hydrogens is 799 g/mol. The number of fused-ring (bicyclic) bond motifs is 9. The maximum Gasteiger partial charge on any atom is 0.136 e. The minimum absolute atomic E-state index is 0.898. The van der Waals surface area contributed by atoms with Gasteiger partial charge < -0.3 is 9.32 Å². The van der Waals surface area contributed by atoms with Crippen LogP contribution in [0.15, 0.2) is 253 Å². The molecule has 0 saturated carbocycles. The molecule has 0 bridgehead atoms. The summed E-state index contributed by atoms with van der Waals surface area (Å²) in [5, 5.41) is 12.4. The molecule has 0 fully saturated rings. The number of nitrogens with zero attached hydrogens (tertiary/aromatic N) is 1. The molecule has 0 N–H and O–H groups in total. The highest BCUT2D eigenvalue weighted by Gasteiger charge is 2.17. The lowest BCUT2D eigenvalue weighted by Gasteiger charge is -2.26. The number of anilines is 3. The summed E-state index contributed by atoms with van der Waals surface area (Å²) < 4.78 is 6.27. The van der Waals surface area contributed by atoms with Crippen LogP contribution >= 0.6 is 0 Å². The first-order chi connectivity index (χ1) is 32.7. The Labute approximate surface area is 382 Å². The van der Waals surface area contributed by atoms with Gasteiger partial charge in [-0.1, -0.05) is 188 Å². The van der Waals surface area contributed by atoms with Crippen LogP contribution < -0.4 is 4.90 Å². The minimum atomic E-state index is 0.898. The second kappa shape index (κ2) is 15.5. The fourth-order valence-corrected chi connectivity index (χ4v) is 10.1. The molecule has 0 atom stereocenters. The maximum atomic E-state index is 6.27. The van der Waals surface area contributed by atoms with E-state index in [1.54, 1.807) is 0 Å². The van der Waals surface area contributed by atoms with Gasteiger partial charge in [0.1, 0.15) is 11.2 Å². The quantitative estimate of drug-likeness (QED) is 0.149. The first-order valence-electron chi connectivity index (χ1n) is 22.6. The molecule has 2 heteroatoms. The zero-order valence-electron chi connectivity index (χ0n) is 36.0. The molecule has 308 valence electrons. The molecule has 13 aromatic rings. The Bertz CT molecular complexity index is 3970. The Morgan fingerprint density at radius 3 is 1.42 bits per heavy atom. The fourth-order valence-electron chi connectivity index (χ4n) is 10.1. The Morgan fingerprint density at radius 2 is 0.712 bits per heavy atom. The van der Waals surface area contributed by atoms with Crippen LogP contribution in [0.3, 0.4) is 0 Å². The van der Waals surface area contributed by atoms with E-state index in [0.29, 0.717) is 0 Å². The SMILES string of the molecule is c1cc(-c2ccc(-c3ccc4c(ccc5ccccc54)c3)cc2)cc(N(c2ccc(-c3ccc4ccc5ccccc5c4c3)cc2)c2ccc(-c3cccc4oc5ccccc5c34)cc2)c1. The van der Waals surface area contributed by atoms with E-state index in [9.17, 15) is 0 Å². The molecule has 13 rings (SSSR count). The number of hydrogen-bond donors (Lipinski definition) is 0. The second-order valence-corrected chi connectivity index (χ2v) is 17.3. The van der Waals surface area contributed by atoms with Crippen LogP contribution in [-0.2, 0) is 0 Å². The van der Waals surface area contributed by atoms with Crippen molar-refractivity contribution in [1.82, 2.24) is 0 Å². The first-order valence-corrected chi connectivity index (χ1v) is 22.6. The molecule has 0 aliphatic heterocycles. The van der Waals surface area contributed by atoms with Crippen molar-refractivity contribution in [2.45, 2.75) is 0 Å². The molecule has 12 aromatic carbocycles. The molecule has 1 aromatic heterocycles. The zero-order valence-corrected chi connectivity index (χ0v) is 36.0. The Kier molecular flexibility index (Phi) is 8.89. The Hall–Kier alpha value is -8.72. The standard InChI is InChI=1S/C64H41NO/c1-3-13-56-45(9-1)26-28-52-39-50(33-38-58(52)56)43-21-19-42(20-22-43)49-11-7-12-55(40-49)65(54-36-31-47(32-37-54)59-16-8-18-63-64(59)60-15-5-6-17-62(60)66-63)53-34-29-44(30-35-53)51-27-25-48-24-23-46-10-2-4-14-57(46)61(48)41-51/h1-41H. The Morgan fingerprint density at radius 1 is 0.242 bits per heavy atom. The first kappa shape index (κ1) is 37.8. The molecule has 0 aliphatic carbocycles. The molecule has 0 spiro atoms. The lowest BCUT2D eigenvalue weighted by Crippen LogP contribution is -2.10. The largest absolute Gasteiger partial charge is 0.456 e. The molecule has 2 nitrogen and oxygen atoms in total. The predicted molar refractivity (Wildman–Crippen MR) is 280 cm³/mol. The highest BCUT2D eigenvalue weighted by Crippen LogP contribution is 2.42. The van der Waals surface area contributed by atoms with Gasteiger partial charge in [-0.15, -0.1) is 0 Å². The third kappa shape index (κ3) is 6.50. The minimum Gasteiger partial charge on any atom is -0.456 e. The molecule has 0 radical (unpaired) electrons. The van der Waals surface area contributed by atoms with Crippen LogP contribution in [0.4, 0.5) is 17.1 Å². The number of rotatable bonds is 7. The lowest BCUT2D eigenvalue weighted by molar-refractivity contribution is 0.669. The average molecular weight is 840 g/mol. The van der Waals surface area contributed by atoms with Gasteiger partial charge in [0.15, 0.2) is 0 Å². The van der Waals surface area contributed by atoms with Gasteiger partial charge in [-0.05, 0) is 148 Å². The lowest BCUT2D eigenvalue weighted by atomic mass is 9.96. The number of benzene rings is 12. The summed E-state index contributed by atoms with van der Waals surface area (Å²) in [6, 6.07) is 90.3. The molecular formula is C64H41NO. The van der Waals surface area contributed by atoms with Crippen LogP contribution in [0.2, 0.25) is 0 Å². The topological polar surface area (TPSA) is 16.4 Å². The molecule has 0 unspecified atom stereocenters. The molecule has 0 aliphatic rings. The van der Waals surface area contributed by atoms with Crippen molar-refractivity contribution in [3.63, 3.8) is 0 Å². The van der Waals surface area contributed by atoms with Crippen molar-refractivity contribution in [2.75, 3.05) is 4.90 Å². The number of hydrogen-bond acceptors (Lipinski definition) is 2. The van der Waals surface area contributed by atoms with Crippen molar-refractivity contribution in [1.29, 1.82) is 0 Å². The fraction of sp³-hybridized carbons (Fsp3) is 0. The van der Waals surface area contributed by atoms with Crippen LogP contribution in [0.5, 0.6) is 0 Å². The van der Waals surface area contributed by atoms with Crippen molar-refractivity contribution < 1.29 is 4.42 Å². The third-order valence-corrected chi connectivity index (χ3v) is 13.4. The summed E-state index contributed by atoms with van der Waals surface area (Å²) in [5.74, 6) is 0. The third-order valence-electron chi connectivity index (χ3n) is 13.4. The van der Waals surface area contributed by atoms with Gasteiger partial charge >= 0.3 is 0 Å². The van der Waals surface area contributed by atoms with Crippen molar-refractivity contribution in [2.24, 2.45) is 0 Å². The average Bonchev–Trinajstić information content (AvgIpc) is 3.78. The smallest absolute Gasteiger partial charge is 0.136 e. The summed E-state index contributed by atoms with van der Waals surface area (Å²) in [4.78, 5) is 2.37. The maximum absolute atomic E-state index is 6.27. The van der Waals surface area contributed by atoms with E-state index in [0.717, 1.165) is 55.7 Å². The normalized spacial score (nSPS) is 11.6. The van der Waals surface area contributed by atoms with Gasteiger partial charge in [0, 0.05) is 27.8 Å². The van der Waals surface area contributed by atoms with Gasteiger partial charge in [-0.3, -0.25) is 0 Å².